The molecule has 0 spiro atoms. The van der Waals surface area contributed by atoms with Crippen molar-refractivity contribution in [1.29, 1.82) is 0 Å². The van der Waals surface area contributed by atoms with Gasteiger partial charge >= 0.3 is 0 Å². The highest BCUT2D eigenvalue weighted by Gasteiger charge is 2.08. The van der Waals surface area contributed by atoms with Crippen LogP contribution in [0.3, 0.4) is 0 Å². The molecule has 0 atom stereocenters. The quantitative estimate of drug-likeness (QED) is 0.645. The molecule has 0 saturated heterocycles. The van der Waals surface area contributed by atoms with Crippen molar-refractivity contribution in [2.75, 3.05) is 0 Å². The normalized spacial score (nSPS) is 10.7. The molecule has 0 amide bonds. The fraction of sp³-hybridized carbons (Fsp3) is 0. The van der Waals surface area contributed by atoms with E-state index in [-0.39, 0.29) is 5.82 Å². The maximum absolute atomic E-state index is 12.8. The van der Waals surface area contributed by atoms with Gasteiger partial charge in [-0.05, 0) is 42.5 Å². The molecule has 0 aliphatic carbocycles. The van der Waals surface area contributed by atoms with Crippen LogP contribution in [-0.2, 0) is 0 Å². The number of hydrogen-bond acceptors (Lipinski definition) is 3. The summed E-state index contributed by atoms with van der Waals surface area (Å²) in [7, 11) is 0. The molecule has 3 rings (SSSR count). The van der Waals surface area contributed by atoms with Crippen LogP contribution in [-0.4, -0.2) is 11.3 Å². The number of carbonyl (C=O) groups is 1. The van der Waals surface area contributed by atoms with Gasteiger partial charge < -0.3 is 4.42 Å². The number of aldehydes is 1. The van der Waals surface area contributed by atoms with Gasteiger partial charge in [0.25, 0.3) is 0 Å². The second-order valence-corrected chi connectivity index (χ2v) is 3.87. The topological polar surface area (TPSA) is 43.1 Å². The van der Waals surface area contributed by atoms with Crippen molar-refractivity contribution in [3.63, 3.8) is 0 Å². The Morgan fingerprint density at radius 3 is 2.61 bits per heavy atom. The first-order valence-electron chi connectivity index (χ1n) is 5.38. The molecule has 0 unspecified atom stereocenters. The minimum atomic E-state index is -0.307. The van der Waals surface area contributed by atoms with Gasteiger partial charge in [-0.2, -0.15) is 0 Å². The fourth-order valence-electron chi connectivity index (χ4n) is 1.73. The number of rotatable bonds is 2. The molecule has 3 nitrogen and oxygen atoms in total. The van der Waals surface area contributed by atoms with Crippen LogP contribution in [0.25, 0.3) is 22.6 Å². The first-order valence-corrected chi connectivity index (χ1v) is 5.38. The molecule has 3 aromatic rings. The number of nitrogens with zero attached hydrogens (tertiary/aromatic N) is 1. The number of aromatic nitrogens is 1. The Balaban J connectivity index is 2.12. The molecule has 0 radical (unpaired) electrons. The van der Waals surface area contributed by atoms with Crippen LogP contribution < -0.4 is 0 Å². The van der Waals surface area contributed by atoms with E-state index in [2.05, 4.69) is 4.98 Å². The number of oxazole rings is 1. The molecule has 0 aliphatic rings. The van der Waals surface area contributed by atoms with Gasteiger partial charge in [-0.3, -0.25) is 4.79 Å². The number of carbonyl (C=O) groups excluding carboxylic acids is 1. The Hall–Kier alpha value is -2.49. The monoisotopic (exact) mass is 241 g/mol. The summed E-state index contributed by atoms with van der Waals surface area (Å²) in [5, 5.41) is 0. The molecule has 0 N–H and O–H groups in total. The maximum Gasteiger partial charge on any atom is 0.227 e. The third-order valence-electron chi connectivity index (χ3n) is 2.64. The first-order chi connectivity index (χ1) is 8.76. The third-order valence-corrected chi connectivity index (χ3v) is 2.64. The van der Waals surface area contributed by atoms with E-state index in [4.69, 9.17) is 4.42 Å². The lowest BCUT2D eigenvalue weighted by Gasteiger charge is -1.93. The van der Waals surface area contributed by atoms with Gasteiger partial charge in [-0.25, -0.2) is 9.37 Å². The lowest BCUT2D eigenvalue weighted by Crippen LogP contribution is -1.78. The molecule has 4 heteroatoms. The zero-order valence-electron chi connectivity index (χ0n) is 9.26. The van der Waals surface area contributed by atoms with Crippen LogP contribution >= 0.6 is 0 Å². The molecule has 0 fully saturated rings. The lowest BCUT2D eigenvalue weighted by atomic mass is 10.2. The Bertz CT molecular complexity index is 716. The smallest absolute Gasteiger partial charge is 0.227 e. The van der Waals surface area contributed by atoms with Crippen molar-refractivity contribution in [3.8, 4) is 11.5 Å². The van der Waals surface area contributed by atoms with Crippen LogP contribution in [0.4, 0.5) is 4.39 Å². The standard InChI is InChI=1S/C14H8FNO2/c15-11-4-2-10(3-5-11)14-16-12-6-1-9(8-17)7-13(12)18-14/h1-8H. The highest BCUT2D eigenvalue weighted by atomic mass is 19.1. The highest BCUT2D eigenvalue weighted by Crippen LogP contribution is 2.24. The van der Waals surface area contributed by atoms with Crippen LogP contribution in [0, 0.1) is 5.82 Å². The Kier molecular flexibility index (Phi) is 2.41. The van der Waals surface area contributed by atoms with E-state index in [9.17, 15) is 9.18 Å². The van der Waals surface area contributed by atoms with Gasteiger partial charge in [-0.15, -0.1) is 0 Å². The largest absolute Gasteiger partial charge is 0.436 e. The summed E-state index contributed by atoms with van der Waals surface area (Å²) in [6.07, 6.45) is 0.750. The van der Waals surface area contributed by atoms with Gasteiger partial charge in [-0.1, -0.05) is 0 Å². The molecule has 0 aliphatic heterocycles. The second-order valence-electron chi connectivity index (χ2n) is 3.87. The predicted molar refractivity (Wildman–Crippen MR) is 64.8 cm³/mol. The van der Waals surface area contributed by atoms with E-state index < -0.39 is 0 Å². The van der Waals surface area contributed by atoms with E-state index in [1.54, 1.807) is 30.3 Å². The van der Waals surface area contributed by atoms with Crippen molar-refractivity contribution < 1.29 is 13.6 Å². The number of fused-ring (bicyclic) bond motifs is 1. The van der Waals surface area contributed by atoms with E-state index in [1.807, 2.05) is 0 Å². The highest BCUT2D eigenvalue weighted by molar-refractivity contribution is 5.84. The fourth-order valence-corrected chi connectivity index (χ4v) is 1.73. The molecular formula is C14H8FNO2. The molecule has 2 aromatic carbocycles. The Morgan fingerprint density at radius 2 is 1.89 bits per heavy atom. The number of halogens is 1. The third kappa shape index (κ3) is 1.78. The molecular weight excluding hydrogens is 233 g/mol. The molecule has 1 aromatic heterocycles. The lowest BCUT2D eigenvalue weighted by molar-refractivity contribution is 0.112. The van der Waals surface area contributed by atoms with Crippen molar-refractivity contribution in [3.05, 3.63) is 53.8 Å². The van der Waals surface area contributed by atoms with E-state index >= 15 is 0 Å². The first kappa shape index (κ1) is 10.7. The molecule has 0 saturated carbocycles. The van der Waals surface area contributed by atoms with Crippen molar-refractivity contribution in [1.82, 2.24) is 4.98 Å². The zero-order chi connectivity index (χ0) is 12.5. The summed E-state index contributed by atoms with van der Waals surface area (Å²) in [6, 6.07) is 10.9. The van der Waals surface area contributed by atoms with Gasteiger partial charge in [0.15, 0.2) is 5.58 Å². The minimum Gasteiger partial charge on any atom is -0.436 e. The molecule has 0 bridgehead atoms. The summed E-state index contributed by atoms with van der Waals surface area (Å²) < 4.78 is 18.4. The summed E-state index contributed by atoms with van der Waals surface area (Å²) in [6.45, 7) is 0. The van der Waals surface area contributed by atoms with Crippen molar-refractivity contribution in [2.24, 2.45) is 0 Å². The number of hydrogen-bond donors (Lipinski definition) is 0. The molecule has 88 valence electrons. The predicted octanol–water partition coefficient (Wildman–Crippen LogP) is 3.45. The minimum absolute atomic E-state index is 0.307. The summed E-state index contributed by atoms with van der Waals surface area (Å²) >= 11 is 0. The Morgan fingerprint density at radius 1 is 1.11 bits per heavy atom. The summed E-state index contributed by atoms with van der Waals surface area (Å²) in [5.74, 6) is 0.103. The van der Waals surface area contributed by atoms with Gasteiger partial charge in [0.1, 0.15) is 17.6 Å². The summed E-state index contributed by atoms with van der Waals surface area (Å²) in [5.41, 5.74) is 2.43. The SMILES string of the molecule is O=Cc1ccc2nc(-c3ccc(F)cc3)oc2c1. The van der Waals surface area contributed by atoms with Crippen LogP contribution in [0.1, 0.15) is 10.4 Å². The van der Waals surface area contributed by atoms with Crippen molar-refractivity contribution in [2.45, 2.75) is 0 Å². The average Bonchev–Trinajstić information content (AvgIpc) is 2.82. The Labute approximate surface area is 102 Å². The summed E-state index contributed by atoms with van der Waals surface area (Å²) in [4.78, 5) is 14.9. The van der Waals surface area contributed by atoms with E-state index in [0.717, 1.165) is 6.29 Å². The van der Waals surface area contributed by atoms with E-state index in [0.29, 0.717) is 28.1 Å². The van der Waals surface area contributed by atoms with Crippen LogP contribution in [0.5, 0.6) is 0 Å². The van der Waals surface area contributed by atoms with Crippen LogP contribution in [0.15, 0.2) is 46.9 Å². The van der Waals surface area contributed by atoms with Gasteiger partial charge in [0.2, 0.25) is 5.89 Å². The second kappa shape index (κ2) is 4.07. The molecule has 1 heterocycles. The van der Waals surface area contributed by atoms with Gasteiger partial charge in [0, 0.05) is 11.1 Å². The van der Waals surface area contributed by atoms with E-state index in [1.165, 1.54) is 12.1 Å². The van der Waals surface area contributed by atoms with Gasteiger partial charge in [0.05, 0.1) is 0 Å². The average molecular weight is 241 g/mol. The maximum atomic E-state index is 12.8. The van der Waals surface area contributed by atoms with Crippen molar-refractivity contribution >= 4 is 17.4 Å². The number of benzene rings is 2. The zero-order valence-corrected chi connectivity index (χ0v) is 9.26. The molecule has 18 heavy (non-hydrogen) atoms. The van der Waals surface area contributed by atoms with Crippen LogP contribution in [0.2, 0.25) is 0 Å².